The van der Waals surface area contributed by atoms with E-state index in [1.165, 1.54) is 18.6 Å². The summed E-state index contributed by atoms with van der Waals surface area (Å²) in [7, 11) is 0. The largest absolute Gasteiger partial charge is 0.416 e. The lowest BCUT2D eigenvalue weighted by Crippen LogP contribution is -2.26. The number of anilines is 1. The Morgan fingerprint density at radius 1 is 1.10 bits per heavy atom. The van der Waals surface area contributed by atoms with Gasteiger partial charge in [0.2, 0.25) is 0 Å². The number of alkyl halides is 3. The number of benzene rings is 1. The number of hydrogen-bond acceptors (Lipinski definition) is 1. The summed E-state index contributed by atoms with van der Waals surface area (Å²) in [6.45, 7) is 0. The van der Waals surface area contributed by atoms with Crippen LogP contribution in [0.2, 0.25) is 0 Å². The van der Waals surface area contributed by atoms with E-state index < -0.39 is 11.7 Å². The minimum Gasteiger partial charge on any atom is -0.370 e. The first-order valence-electron chi connectivity index (χ1n) is 6.73. The molecular weight excluding hydrogens is 267 g/mol. The number of hydrogen-bond donors (Lipinski definition) is 2. The van der Waals surface area contributed by atoms with Crippen molar-refractivity contribution in [3.05, 3.63) is 29.8 Å². The van der Waals surface area contributed by atoms with Crippen molar-refractivity contribution in [2.24, 2.45) is 10.7 Å². The summed E-state index contributed by atoms with van der Waals surface area (Å²) in [5, 5.41) is 2.83. The first-order valence-corrected chi connectivity index (χ1v) is 6.73. The fourth-order valence-electron chi connectivity index (χ4n) is 2.33. The zero-order valence-corrected chi connectivity index (χ0v) is 11.1. The third-order valence-corrected chi connectivity index (χ3v) is 3.38. The molecule has 3 nitrogen and oxygen atoms in total. The fraction of sp³-hybridized carbons (Fsp3) is 0.500. The molecule has 6 heteroatoms. The normalized spacial score (nSPS) is 18.1. The molecular formula is C14H18F3N3. The number of nitrogens with one attached hydrogen (secondary N) is 1. The van der Waals surface area contributed by atoms with Gasteiger partial charge in [0.25, 0.3) is 0 Å². The molecule has 1 aliphatic carbocycles. The number of guanidine groups is 1. The van der Waals surface area contributed by atoms with Crippen LogP contribution in [-0.4, -0.2) is 12.0 Å². The lowest BCUT2D eigenvalue weighted by Gasteiger charge is -2.18. The summed E-state index contributed by atoms with van der Waals surface area (Å²) in [5.41, 5.74) is 5.61. The number of rotatable bonds is 2. The van der Waals surface area contributed by atoms with Gasteiger partial charge in [0, 0.05) is 5.69 Å². The topological polar surface area (TPSA) is 50.4 Å². The molecule has 3 N–H and O–H groups in total. The molecule has 1 fully saturated rings. The second kappa shape index (κ2) is 6.15. The van der Waals surface area contributed by atoms with E-state index in [2.05, 4.69) is 10.3 Å². The van der Waals surface area contributed by atoms with Crippen LogP contribution in [-0.2, 0) is 6.18 Å². The molecule has 0 bridgehead atoms. The summed E-state index contributed by atoms with van der Waals surface area (Å²) in [4.78, 5) is 4.36. The summed E-state index contributed by atoms with van der Waals surface area (Å²) >= 11 is 0. The van der Waals surface area contributed by atoms with Gasteiger partial charge in [-0.1, -0.05) is 19.3 Å². The molecule has 2 rings (SSSR count). The summed E-state index contributed by atoms with van der Waals surface area (Å²) < 4.78 is 37.3. The van der Waals surface area contributed by atoms with Gasteiger partial charge in [-0.15, -0.1) is 0 Å². The lowest BCUT2D eigenvalue weighted by molar-refractivity contribution is -0.137. The molecule has 0 saturated heterocycles. The molecule has 0 aromatic heterocycles. The Labute approximate surface area is 116 Å². The van der Waals surface area contributed by atoms with Crippen LogP contribution in [0.15, 0.2) is 29.3 Å². The van der Waals surface area contributed by atoms with E-state index in [0.717, 1.165) is 37.8 Å². The minimum atomic E-state index is -4.32. The van der Waals surface area contributed by atoms with E-state index in [1.807, 2.05) is 0 Å². The molecule has 0 amide bonds. The van der Waals surface area contributed by atoms with E-state index in [4.69, 9.17) is 5.73 Å². The third kappa shape index (κ3) is 4.15. The Kier molecular flexibility index (Phi) is 4.52. The molecule has 0 spiro atoms. The van der Waals surface area contributed by atoms with Crippen LogP contribution in [0.3, 0.4) is 0 Å². The highest BCUT2D eigenvalue weighted by Gasteiger charge is 2.29. The van der Waals surface area contributed by atoms with E-state index in [-0.39, 0.29) is 12.0 Å². The summed E-state index contributed by atoms with van der Waals surface area (Å²) in [5.74, 6) is 0.261. The average Bonchev–Trinajstić information content (AvgIpc) is 2.39. The second-order valence-corrected chi connectivity index (χ2v) is 5.01. The van der Waals surface area contributed by atoms with Gasteiger partial charge in [0.05, 0.1) is 11.6 Å². The summed E-state index contributed by atoms with van der Waals surface area (Å²) in [6, 6.07) is 4.98. The summed E-state index contributed by atoms with van der Waals surface area (Å²) in [6.07, 6.45) is 1.27. The molecule has 0 heterocycles. The van der Waals surface area contributed by atoms with Gasteiger partial charge in [0.15, 0.2) is 5.96 Å². The monoisotopic (exact) mass is 285 g/mol. The van der Waals surface area contributed by atoms with Crippen molar-refractivity contribution < 1.29 is 13.2 Å². The zero-order chi connectivity index (χ0) is 14.6. The van der Waals surface area contributed by atoms with Crippen LogP contribution in [0.4, 0.5) is 18.9 Å². The fourth-order valence-corrected chi connectivity index (χ4v) is 2.33. The Hall–Kier alpha value is -1.72. The van der Waals surface area contributed by atoms with Gasteiger partial charge in [-0.3, -0.25) is 0 Å². The van der Waals surface area contributed by atoms with Gasteiger partial charge in [-0.25, -0.2) is 4.99 Å². The van der Waals surface area contributed by atoms with Gasteiger partial charge in [-0.2, -0.15) is 13.2 Å². The second-order valence-electron chi connectivity index (χ2n) is 5.01. The number of halogens is 3. The van der Waals surface area contributed by atoms with Crippen LogP contribution in [0, 0.1) is 0 Å². The molecule has 110 valence electrons. The van der Waals surface area contributed by atoms with E-state index in [0.29, 0.717) is 5.69 Å². The highest BCUT2D eigenvalue weighted by Crippen LogP contribution is 2.29. The van der Waals surface area contributed by atoms with Gasteiger partial charge >= 0.3 is 6.18 Å². The molecule has 0 aliphatic heterocycles. The van der Waals surface area contributed by atoms with Gasteiger partial charge < -0.3 is 11.1 Å². The molecule has 20 heavy (non-hydrogen) atoms. The van der Waals surface area contributed by atoms with Crippen molar-refractivity contribution in [1.29, 1.82) is 0 Å². The Bertz CT molecular complexity index is 460. The zero-order valence-electron chi connectivity index (χ0n) is 11.1. The highest BCUT2D eigenvalue weighted by molar-refractivity contribution is 5.92. The Balaban J connectivity index is 1.97. The lowest BCUT2D eigenvalue weighted by atomic mass is 9.96. The van der Waals surface area contributed by atoms with Crippen molar-refractivity contribution in [1.82, 2.24) is 0 Å². The van der Waals surface area contributed by atoms with Crippen molar-refractivity contribution >= 4 is 11.6 Å². The van der Waals surface area contributed by atoms with Crippen LogP contribution < -0.4 is 11.1 Å². The molecule has 0 atom stereocenters. The van der Waals surface area contributed by atoms with Crippen LogP contribution >= 0.6 is 0 Å². The smallest absolute Gasteiger partial charge is 0.370 e. The van der Waals surface area contributed by atoms with E-state index in [1.54, 1.807) is 0 Å². The highest BCUT2D eigenvalue weighted by atomic mass is 19.4. The standard InChI is InChI=1S/C14H18F3N3/c15-14(16,17)10-6-8-12(9-7-10)20-13(18)19-11-4-2-1-3-5-11/h6-9,11H,1-5H2,(H3,18,19,20). The molecule has 1 saturated carbocycles. The average molecular weight is 285 g/mol. The first-order chi connectivity index (χ1) is 9.45. The number of nitrogens with zero attached hydrogens (tertiary/aromatic N) is 1. The van der Waals surface area contributed by atoms with Gasteiger partial charge in [-0.05, 0) is 37.1 Å². The molecule has 0 unspecified atom stereocenters. The van der Waals surface area contributed by atoms with E-state index in [9.17, 15) is 13.2 Å². The predicted molar refractivity (Wildman–Crippen MR) is 73.6 cm³/mol. The number of nitrogens with two attached hydrogens (primary N) is 1. The maximum atomic E-state index is 12.4. The van der Waals surface area contributed by atoms with Gasteiger partial charge in [0.1, 0.15) is 0 Å². The van der Waals surface area contributed by atoms with Crippen LogP contribution in [0.5, 0.6) is 0 Å². The molecule has 1 aliphatic rings. The quantitative estimate of drug-likeness (QED) is 0.642. The Morgan fingerprint density at radius 3 is 2.25 bits per heavy atom. The number of aliphatic imine (C=N–C) groups is 1. The van der Waals surface area contributed by atoms with Crippen LogP contribution in [0.1, 0.15) is 37.7 Å². The van der Waals surface area contributed by atoms with Crippen molar-refractivity contribution in [3.8, 4) is 0 Å². The van der Waals surface area contributed by atoms with E-state index >= 15 is 0 Å². The third-order valence-electron chi connectivity index (χ3n) is 3.38. The molecule has 1 aromatic rings. The maximum Gasteiger partial charge on any atom is 0.416 e. The first kappa shape index (κ1) is 14.7. The SMILES string of the molecule is NC(=NC1CCCCC1)Nc1ccc(C(F)(F)F)cc1. The maximum absolute atomic E-state index is 12.4. The predicted octanol–water partition coefficient (Wildman–Crippen LogP) is 3.76. The van der Waals surface area contributed by atoms with Crippen molar-refractivity contribution in [3.63, 3.8) is 0 Å². The van der Waals surface area contributed by atoms with Crippen molar-refractivity contribution in [2.45, 2.75) is 44.3 Å². The van der Waals surface area contributed by atoms with Crippen molar-refractivity contribution in [2.75, 3.05) is 5.32 Å². The minimum absolute atomic E-state index is 0.227. The molecule has 1 aromatic carbocycles. The Morgan fingerprint density at radius 2 is 1.70 bits per heavy atom. The van der Waals surface area contributed by atoms with Crippen LogP contribution in [0.25, 0.3) is 0 Å². The molecule has 0 radical (unpaired) electrons.